The van der Waals surface area contributed by atoms with Gasteiger partial charge in [-0.25, -0.2) is 0 Å². The Labute approximate surface area is 107 Å². The van der Waals surface area contributed by atoms with E-state index >= 15 is 0 Å². The quantitative estimate of drug-likeness (QED) is 0.809. The molecule has 0 aromatic heterocycles. The topological polar surface area (TPSA) is 21.3 Å². The SMILES string of the molecule is CCCOCC(NC)c1ccc(Br)c(C)c1. The first-order chi connectivity index (χ1) is 7.69. The molecule has 0 saturated carbocycles. The van der Waals surface area contributed by atoms with Crippen LogP contribution in [0.5, 0.6) is 0 Å². The first-order valence-electron chi connectivity index (χ1n) is 5.70. The van der Waals surface area contributed by atoms with E-state index in [-0.39, 0.29) is 6.04 Å². The van der Waals surface area contributed by atoms with Crippen molar-refractivity contribution in [3.63, 3.8) is 0 Å². The molecule has 0 amide bonds. The molecule has 3 heteroatoms. The summed E-state index contributed by atoms with van der Waals surface area (Å²) in [6.07, 6.45) is 1.07. The number of benzene rings is 1. The number of likely N-dealkylation sites (N-methyl/N-ethyl adjacent to an activating group) is 1. The predicted molar refractivity (Wildman–Crippen MR) is 71.8 cm³/mol. The van der Waals surface area contributed by atoms with Gasteiger partial charge in [-0.1, -0.05) is 35.0 Å². The number of ether oxygens (including phenoxy) is 1. The Balaban J connectivity index is 2.67. The maximum atomic E-state index is 5.59. The summed E-state index contributed by atoms with van der Waals surface area (Å²) in [6, 6.07) is 6.70. The molecule has 0 heterocycles. The first kappa shape index (κ1) is 13.7. The Hall–Kier alpha value is -0.380. The van der Waals surface area contributed by atoms with E-state index in [1.165, 1.54) is 11.1 Å². The van der Waals surface area contributed by atoms with Crippen LogP contribution < -0.4 is 5.32 Å². The molecule has 16 heavy (non-hydrogen) atoms. The van der Waals surface area contributed by atoms with Crippen molar-refractivity contribution >= 4 is 15.9 Å². The van der Waals surface area contributed by atoms with E-state index in [4.69, 9.17) is 4.74 Å². The minimum atomic E-state index is 0.276. The summed E-state index contributed by atoms with van der Waals surface area (Å²) in [5.74, 6) is 0. The number of hydrogen-bond acceptors (Lipinski definition) is 2. The van der Waals surface area contributed by atoms with Crippen molar-refractivity contribution in [3.05, 3.63) is 33.8 Å². The lowest BCUT2D eigenvalue weighted by Gasteiger charge is -2.17. The van der Waals surface area contributed by atoms with Gasteiger partial charge in [-0.2, -0.15) is 0 Å². The van der Waals surface area contributed by atoms with E-state index in [1.807, 2.05) is 7.05 Å². The molecule has 1 aromatic carbocycles. The van der Waals surface area contributed by atoms with Crippen molar-refractivity contribution < 1.29 is 4.74 Å². The molecule has 0 saturated heterocycles. The predicted octanol–water partition coefficient (Wildman–Crippen LogP) is 3.44. The van der Waals surface area contributed by atoms with Gasteiger partial charge in [-0.05, 0) is 37.6 Å². The summed E-state index contributed by atoms with van der Waals surface area (Å²) in [5, 5.41) is 3.28. The minimum Gasteiger partial charge on any atom is -0.379 e. The fraction of sp³-hybridized carbons (Fsp3) is 0.538. The molecular formula is C13H20BrNO. The molecule has 0 fully saturated rings. The molecule has 90 valence electrons. The summed E-state index contributed by atoms with van der Waals surface area (Å²) < 4.78 is 6.74. The van der Waals surface area contributed by atoms with Crippen molar-refractivity contribution in [1.82, 2.24) is 5.32 Å². The van der Waals surface area contributed by atoms with Crippen LogP contribution in [0.1, 0.15) is 30.5 Å². The van der Waals surface area contributed by atoms with Gasteiger partial charge in [0.05, 0.1) is 12.6 Å². The smallest absolute Gasteiger partial charge is 0.0661 e. The molecule has 0 aliphatic heterocycles. The van der Waals surface area contributed by atoms with E-state index in [2.05, 4.69) is 53.3 Å². The van der Waals surface area contributed by atoms with Crippen molar-refractivity contribution in [2.24, 2.45) is 0 Å². The molecule has 0 spiro atoms. The molecule has 1 N–H and O–H groups in total. The van der Waals surface area contributed by atoms with E-state index < -0.39 is 0 Å². The van der Waals surface area contributed by atoms with Gasteiger partial charge in [0.1, 0.15) is 0 Å². The van der Waals surface area contributed by atoms with Crippen LogP contribution in [-0.2, 0) is 4.74 Å². The maximum Gasteiger partial charge on any atom is 0.0661 e. The second kappa shape index (κ2) is 7.05. The lowest BCUT2D eigenvalue weighted by molar-refractivity contribution is 0.114. The Morgan fingerprint density at radius 3 is 2.75 bits per heavy atom. The van der Waals surface area contributed by atoms with E-state index in [1.54, 1.807) is 0 Å². The van der Waals surface area contributed by atoms with Crippen LogP contribution >= 0.6 is 15.9 Å². The van der Waals surface area contributed by atoms with Gasteiger partial charge in [0.15, 0.2) is 0 Å². The highest BCUT2D eigenvalue weighted by Crippen LogP contribution is 2.21. The number of nitrogens with one attached hydrogen (secondary N) is 1. The number of halogens is 1. The van der Waals surface area contributed by atoms with Gasteiger partial charge in [0.2, 0.25) is 0 Å². The Kier molecular flexibility index (Phi) is 6.03. The summed E-state index contributed by atoms with van der Waals surface area (Å²) >= 11 is 3.51. The summed E-state index contributed by atoms with van der Waals surface area (Å²) in [7, 11) is 1.97. The van der Waals surface area contributed by atoms with Crippen LogP contribution in [0.15, 0.2) is 22.7 Å². The van der Waals surface area contributed by atoms with Crippen LogP contribution in [0.2, 0.25) is 0 Å². The number of aryl methyl sites for hydroxylation is 1. The average molecular weight is 286 g/mol. The van der Waals surface area contributed by atoms with E-state index in [0.29, 0.717) is 0 Å². The zero-order chi connectivity index (χ0) is 12.0. The molecule has 2 nitrogen and oxygen atoms in total. The molecule has 1 aromatic rings. The van der Waals surface area contributed by atoms with Crippen LogP contribution in [0.25, 0.3) is 0 Å². The minimum absolute atomic E-state index is 0.276. The zero-order valence-electron chi connectivity index (χ0n) is 10.2. The molecule has 1 unspecified atom stereocenters. The van der Waals surface area contributed by atoms with Gasteiger partial charge in [-0.15, -0.1) is 0 Å². The third-order valence-corrected chi connectivity index (χ3v) is 3.46. The highest BCUT2D eigenvalue weighted by molar-refractivity contribution is 9.10. The fourth-order valence-corrected chi connectivity index (χ4v) is 1.82. The molecule has 0 radical (unpaired) electrons. The van der Waals surface area contributed by atoms with Crippen molar-refractivity contribution in [2.75, 3.05) is 20.3 Å². The molecule has 0 aliphatic rings. The van der Waals surface area contributed by atoms with Gasteiger partial charge < -0.3 is 10.1 Å². The van der Waals surface area contributed by atoms with Crippen LogP contribution in [0, 0.1) is 6.92 Å². The Morgan fingerprint density at radius 2 is 2.19 bits per heavy atom. The highest BCUT2D eigenvalue weighted by atomic mass is 79.9. The summed E-state index contributed by atoms with van der Waals surface area (Å²) in [5.41, 5.74) is 2.53. The Morgan fingerprint density at radius 1 is 1.44 bits per heavy atom. The average Bonchev–Trinajstić information content (AvgIpc) is 2.29. The highest BCUT2D eigenvalue weighted by Gasteiger charge is 2.09. The standard InChI is InChI=1S/C13H20BrNO/c1-4-7-16-9-13(15-3)11-5-6-12(14)10(2)8-11/h5-6,8,13,15H,4,7,9H2,1-3H3. The molecular weight excluding hydrogens is 266 g/mol. The van der Waals surface area contributed by atoms with Crippen molar-refractivity contribution in [2.45, 2.75) is 26.3 Å². The van der Waals surface area contributed by atoms with Crippen LogP contribution in [0.3, 0.4) is 0 Å². The zero-order valence-corrected chi connectivity index (χ0v) is 11.8. The Bertz CT molecular complexity index is 328. The van der Waals surface area contributed by atoms with Gasteiger partial charge in [-0.3, -0.25) is 0 Å². The normalized spacial score (nSPS) is 12.8. The third kappa shape index (κ3) is 3.89. The second-order valence-electron chi connectivity index (χ2n) is 3.92. The second-order valence-corrected chi connectivity index (χ2v) is 4.78. The van der Waals surface area contributed by atoms with Crippen molar-refractivity contribution in [3.8, 4) is 0 Å². The molecule has 1 rings (SSSR count). The number of rotatable bonds is 6. The lowest BCUT2D eigenvalue weighted by atomic mass is 10.1. The fourth-order valence-electron chi connectivity index (χ4n) is 1.58. The van der Waals surface area contributed by atoms with Gasteiger partial charge >= 0.3 is 0 Å². The van der Waals surface area contributed by atoms with Crippen molar-refractivity contribution in [1.29, 1.82) is 0 Å². The molecule has 0 bridgehead atoms. The van der Waals surface area contributed by atoms with E-state index in [0.717, 1.165) is 24.1 Å². The van der Waals surface area contributed by atoms with Gasteiger partial charge in [0, 0.05) is 11.1 Å². The molecule has 0 aliphatic carbocycles. The van der Waals surface area contributed by atoms with Crippen LogP contribution in [-0.4, -0.2) is 20.3 Å². The summed E-state index contributed by atoms with van der Waals surface area (Å²) in [6.45, 7) is 5.78. The van der Waals surface area contributed by atoms with Crippen LogP contribution in [0.4, 0.5) is 0 Å². The summed E-state index contributed by atoms with van der Waals surface area (Å²) in [4.78, 5) is 0. The van der Waals surface area contributed by atoms with E-state index in [9.17, 15) is 0 Å². The maximum absolute atomic E-state index is 5.59. The first-order valence-corrected chi connectivity index (χ1v) is 6.49. The largest absolute Gasteiger partial charge is 0.379 e. The number of hydrogen-bond donors (Lipinski definition) is 1. The monoisotopic (exact) mass is 285 g/mol. The van der Waals surface area contributed by atoms with Gasteiger partial charge in [0.25, 0.3) is 0 Å². The molecule has 1 atom stereocenters. The third-order valence-electron chi connectivity index (χ3n) is 2.57. The lowest BCUT2D eigenvalue weighted by Crippen LogP contribution is -2.22.